The van der Waals surface area contributed by atoms with Crippen molar-refractivity contribution in [2.75, 3.05) is 0 Å². The summed E-state index contributed by atoms with van der Waals surface area (Å²) in [6.07, 6.45) is -6.27. The molecule has 4 N–H and O–H groups in total. The highest BCUT2D eigenvalue weighted by atomic mass is 35.5. The molecule has 0 bridgehead atoms. The summed E-state index contributed by atoms with van der Waals surface area (Å²) in [4.78, 5) is 17.5. The Morgan fingerprint density at radius 2 is 1.81 bits per heavy atom. The van der Waals surface area contributed by atoms with E-state index in [4.69, 9.17) is 16.3 Å². The second kappa shape index (κ2) is 7.15. The summed E-state index contributed by atoms with van der Waals surface area (Å²) in [5.41, 5.74) is 1.49. The molecule has 9 heteroatoms. The minimum absolute atomic E-state index is 0.0450. The summed E-state index contributed by atoms with van der Waals surface area (Å²) in [5.74, 6) is -0.725. The molecule has 3 heterocycles. The molecule has 1 aromatic heterocycles. The highest BCUT2D eigenvalue weighted by Crippen LogP contribution is 2.42. The number of hydrogen-bond donors (Lipinski definition) is 4. The number of hydrogen-bond acceptors (Lipinski definition) is 7. The number of ketones is 1. The fraction of sp³-hybridized carbons (Fsp3) is 0.273. The molecule has 2 aromatic carbocycles. The molecule has 0 aliphatic carbocycles. The molecule has 0 radical (unpaired) electrons. The summed E-state index contributed by atoms with van der Waals surface area (Å²) < 4.78 is 7.05. The predicted octanol–water partition coefficient (Wildman–Crippen LogP) is 2.32. The van der Waals surface area contributed by atoms with E-state index >= 15 is 0 Å². The van der Waals surface area contributed by atoms with E-state index in [0.717, 1.165) is 0 Å². The Kier molecular flexibility index (Phi) is 4.65. The van der Waals surface area contributed by atoms with Gasteiger partial charge in [0.05, 0.1) is 28.4 Å². The van der Waals surface area contributed by atoms with Gasteiger partial charge in [0.2, 0.25) is 11.7 Å². The number of halogens is 1. The zero-order valence-electron chi connectivity index (χ0n) is 16.3. The number of aromatic hydroxyl groups is 1. The monoisotopic (exact) mass is 442 g/mol. The first-order valence-corrected chi connectivity index (χ1v) is 10.1. The average Bonchev–Trinajstić information content (AvgIpc) is 3.22. The topological polar surface area (TPSA) is 125 Å². The number of ether oxygens (including phenoxy) is 1. The molecule has 8 nitrogen and oxygen atoms in total. The van der Waals surface area contributed by atoms with Crippen molar-refractivity contribution in [3.63, 3.8) is 0 Å². The number of aliphatic hydroxyl groups is 3. The SMILES string of the molecule is C[C@@H]1O[C@H](n2c(O)c(C3=Nc4ccc(Cl)cc4C3=O)c3ccccc32)[C@H](O)[C@H](O)[C@H]1O. The van der Waals surface area contributed by atoms with Crippen molar-refractivity contribution in [3.8, 4) is 5.88 Å². The second-order valence-corrected chi connectivity index (χ2v) is 8.18. The van der Waals surface area contributed by atoms with E-state index < -0.39 is 30.6 Å². The second-order valence-electron chi connectivity index (χ2n) is 7.74. The maximum absolute atomic E-state index is 13.1. The lowest BCUT2D eigenvalue weighted by Crippen LogP contribution is -2.54. The number of aromatic nitrogens is 1. The van der Waals surface area contributed by atoms with Gasteiger partial charge in [-0.2, -0.15) is 0 Å². The predicted molar refractivity (Wildman–Crippen MR) is 113 cm³/mol. The molecule has 3 aromatic rings. The first-order chi connectivity index (χ1) is 14.8. The number of para-hydroxylation sites is 1. The van der Waals surface area contributed by atoms with Gasteiger partial charge >= 0.3 is 0 Å². The number of aliphatic hydroxyl groups excluding tert-OH is 3. The van der Waals surface area contributed by atoms with Crippen LogP contribution in [0.2, 0.25) is 5.02 Å². The van der Waals surface area contributed by atoms with Crippen molar-refractivity contribution in [3.05, 3.63) is 58.6 Å². The lowest BCUT2D eigenvalue weighted by Gasteiger charge is -2.40. The van der Waals surface area contributed by atoms with Gasteiger partial charge in [0.15, 0.2) is 6.23 Å². The highest BCUT2D eigenvalue weighted by molar-refractivity contribution is 6.57. The maximum Gasteiger partial charge on any atom is 0.214 e. The maximum atomic E-state index is 13.1. The Bertz CT molecular complexity index is 1250. The average molecular weight is 443 g/mol. The molecule has 1 fully saturated rings. The van der Waals surface area contributed by atoms with Gasteiger partial charge in [0.25, 0.3) is 0 Å². The van der Waals surface area contributed by atoms with Crippen molar-refractivity contribution in [1.29, 1.82) is 0 Å². The fourth-order valence-electron chi connectivity index (χ4n) is 4.24. The Labute approximate surface area is 181 Å². The lowest BCUT2D eigenvalue weighted by atomic mass is 9.99. The molecular formula is C22H19ClN2O6. The van der Waals surface area contributed by atoms with Gasteiger partial charge in [0.1, 0.15) is 24.0 Å². The van der Waals surface area contributed by atoms with E-state index in [1.54, 1.807) is 43.3 Å². The number of nitrogens with zero attached hydrogens (tertiary/aromatic N) is 2. The first-order valence-electron chi connectivity index (χ1n) is 9.74. The van der Waals surface area contributed by atoms with Crippen LogP contribution in [0.5, 0.6) is 5.88 Å². The summed E-state index contributed by atoms with van der Waals surface area (Å²) in [6, 6.07) is 11.7. The third kappa shape index (κ3) is 2.91. The van der Waals surface area contributed by atoms with E-state index in [1.807, 2.05) is 0 Å². The van der Waals surface area contributed by atoms with Crippen molar-refractivity contribution in [2.45, 2.75) is 37.6 Å². The number of rotatable bonds is 2. The van der Waals surface area contributed by atoms with E-state index in [9.17, 15) is 25.2 Å². The van der Waals surface area contributed by atoms with Gasteiger partial charge in [-0.1, -0.05) is 29.8 Å². The van der Waals surface area contributed by atoms with E-state index in [-0.39, 0.29) is 22.9 Å². The minimum atomic E-state index is -1.52. The van der Waals surface area contributed by atoms with Crippen molar-refractivity contribution < 1.29 is 30.0 Å². The number of fused-ring (bicyclic) bond motifs is 2. The number of carbonyl (C=O) groups excluding carboxylic acids is 1. The smallest absolute Gasteiger partial charge is 0.214 e. The number of carbonyl (C=O) groups is 1. The highest BCUT2D eigenvalue weighted by Gasteiger charge is 2.44. The summed E-state index contributed by atoms with van der Waals surface area (Å²) in [6.45, 7) is 1.56. The molecule has 0 amide bonds. The molecule has 2 aliphatic heterocycles. The molecule has 5 atom stereocenters. The van der Waals surface area contributed by atoms with Gasteiger partial charge in [-0.3, -0.25) is 9.36 Å². The largest absolute Gasteiger partial charge is 0.494 e. The third-order valence-corrected chi connectivity index (χ3v) is 6.09. The van der Waals surface area contributed by atoms with Crippen LogP contribution in [0.3, 0.4) is 0 Å². The molecular weight excluding hydrogens is 424 g/mol. The molecule has 5 rings (SSSR count). The molecule has 0 spiro atoms. The van der Waals surface area contributed by atoms with Gasteiger partial charge in [0, 0.05) is 10.4 Å². The molecule has 31 heavy (non-hydrogen) atoms. The summed E-state index contributed by atoms with van der Waals surface area (Å²) in [7, 11) is 0. The van der Waals surface area contributed by atoms with Crippen LogP contribution in [0.1, 0.15) is 29.1 Å². The van der Waals surface area contributed by atoms with Crippen molar-refractivity contribution >= 4 is 39.7 Å². The van der Waals surface area contributed by atoms with E-state index in [1.165, 1.54) is 10.6 Å². The first kappa shape index (κ1) is 20.2. The van der Waals surface area contributed by atoms with Crippen molar-refractivity contribution in [1.82, 2.24) is 4.57 Å². The number of Topliss-reactive ketones (excluding diaryl/α,β-unsaturated/α-hetero) is 1. The molecule has 2 aliphatic rings. The zero-order chi connectivity index (χ0) is 22.0. The summed E-state index contributed by atoms with van der Waals surface area (Å²) in [5, 5.41) is 43.0. The van der Waals surface area contributed by atoms with Crippen LogP contribution in [-0.2, 0) is 4.74 Å². The Balaban J connectivity index is 1.69. The molecule has 0 unspecified atom stereocenters. The van der Waals surface area contributed by atoms with Gasteiger partial charge in [-0.05, 0) is 31.2 Å². The van der Waals surface area contributed by atoms with Crippen LogP contribution in [0.4, 0.5) is 5.69 Å². The van der Waals surface area contributed by atoms with Gasteiger partial charge in [-0.15, -0.1) is 0 Å². The van der Waals surface area contributed by atoms with Gasteiger partial charge in [-0.25, -0.2) is 4.99 Å². The van der Waals surface area contributed by atoms with Gasteiger partial charge < -0.3 is 25.2 Å². The fourth-order valence-corrected chi connectivity index (χ4v) is 4.41. The van der Waals surface area contributed by atoms with Crippen LogP contribution in [-0.4, -0.2) is 60.9 Å². The third-order valence-electron chi connectivity index (χ3n) is 5.85. The van der Waals surface area contributed by atoms with E-state index in [2.05, 4.69) is 4.99 Å². The minimum Gasteiger partial charge on any atom is -0.494 e. The molecule has 160 valence electrons. The van der Waals surface area contributed by atoms with Crippen LogP contribution in [0, 0.1) is 0 Å². The standard InChI is InChI=1S/C22H19ClN2O6/c1-9-17(26)19(28)20(29)22(31-9)25-14-5-3-2-4-11(14)15(21(25)30)16-18(27)12-8-10(23)6-7-13(12)24-16/h2-9,17,19-20,22,26,28-30H,1H3/t9-,17-,19+,20+,22-/m0/s1. The zero-order valence-corrected chi connectivity index (χ0v) is 17.1. The number of benzene rings is 2. The summed E-state index contributed by atoms with van der Waals surface area (Å²) >= 11 is 6.02. The molecule has 1 saturated heterocycles. The Morgan fingerprint density at radius 3 is 2.58 bits per heavy atom. The van der Waals surface area contributed by atoms with Crippen LogP contribution in [0.25, 0.3) is 10.9 Å². The Morgan fingerprint density at radius 1 is 1.06 bits per heavy atom. The normalized spacial score (nSPS) is 28.1. The number of aliphatic imine (C=N–C) groups is 1. The van der Waals surface area contributed by atoms with Crippen LogP contribution < -0.4 is 0 Å². The Hall–Kier alpha value is -2.75. The lowest BCUT2D eigenvalue weighted by molar-refractivity contribution is -0.239. The molecule has 0 saturated carbocycles. The van der Waals surface area contributed by atoms with Crippen molar-refractivity contribution in [2.24, 2.45) is 4.99 Å². The van der Waals surface area contributed by atoms with Crippen LogP contribution in [0.15, 0.2) is 47.5 Å². The van der Waals surface area contributed by atoms with Crippen LogP contribution >= 0.6 is 11.6 Å². The quantitative estimate of drug-likeness (QED) is 0.482. The van der Waals surface area contributed by atoms with E-state index in [0.29, 0.717) is 27.2 Å².